The summed E-state index contributed by atoms with van der Waals surface area (Å²) in [4.78, 5) is 26.0. The van der Waals surface area contributed by atoms with Crippen molar-refractivity contribution in [1.29, 1.82) is 0 Å². The number of carbonyl (C=O) groups excluding carboxylic acids is 2. The van der Waals surface area contributed by atoms with Gasteiger partial charge < -0.3 is 20.9 Å². The number of rotatable bonds is 7. The minimum Gasteiger partial charge on any atom is -0.338 e. The number of anilines is 2. The van der Waals surface area contributed by atoms with Crippen molar-refractivity contribution in [3.8, 4) is 0 Å². The number of carbonyl (C=O) groups is 2. The van der Waals surface area contributed by atoms with E-state index in [1.165, 1.54) is 32.4 Å². The molecular formula is C19H30N4O2. The average Bonchev–Trinajstić information content (AvgIpc) is 2.61. The zero-order valence-electron chi connectivity index (χ0n) is 15.3. The Bertz CT molecular complexity index is 570. The molecule has 1 heterocycles. The largest absolute Gasteiger partial charge is 0.338 e. The van der Waals surface area contributed by atoms with Crippen molar-refractivity contribution in [2.45, 2.75) is 39.5 Å². The molecule has 1 aliphatic rings. The molecular weight excluding hydrogens is 316 g/mol. The first-order chi connectivity index (χ1) is 12.1. The fourth-order valence-electron chi connectivity index (χ4n) is 3.01. The highest BCUT2D eigenvalue weighted by Crippen LogP contribution is 2.15. The van der Waals surface area contributed by atoms with Crippen LogP contribution in [0.2, 0.25) is 0 Å². The molecule has 25 heavy (non-hydrogen) atoms. The summed E-state index contributed by atoms with van der Waals surface area (Å²) in [6.45, 7) is 7.98. The van der Waals surface area contributed by atoms with Crippen molar-refractivity contribution in [3.63, 3.8) is 0 Å². The Kier molecular flexibility index (Phi) is 7.73. The van der Waals surface area contributed by atoms with Crippen LogP contribution in [0.5, 0.6) is 0 Å². The minimum atomic E-state index is -0.218. The fourth-order valence-corrected chi connectivity index (χ4v) is 3.01. The summed E-state index contributed by atoms with van der Waals surface area (Å²) in [5, 5.41) is 8.53. The van der Waals surface area contributed by atoms with Gasteiger partial charge in [-0.15, -0.1) is 0 Å². The van der Waals surface area contributed by atoms with Crippen molar-refractivity contribution in [3.05, 3.63) is 24.3 Å². The number of piperidine rings is 1. The molecule has 1 saturated heterocycles. The highest BCUT2D eigenvalue weighted by molar-refractivity contribution is 5.93. The molecule has 138 valence electrons. The Morgan fingerprint density at radius 2 is 1.80 bits per heavy atom. The topological polar surface area (TPSA) is 73.5 Å². The van der Waals surface area contributed by atoms with E-state index >= 15 is 0 Å². The van der Waals surface area contributed by atoms with E-state index in [0.717, 1.165) is 6.54 Å². The van der Waals surface area contributed by atoms with Gasteiger partial charge in [-0.2, -0.15) is 0 Å². The first-order valence-corrected chi connectivity index (χ1v) is 9.24. The summed E-state index contributed by atoms with van der Waals surface area (Å²) >= 11 is 0. The second-order valence-corrected chi connectivity index (χ2v) is 6.78. The molecule has 0 aromatic heterocycles. The van der Waals surface area contributed by atoms with Crippen LogP contribution in [0, 0.1) is 5.92 Å². The molecule has 6 nitrogen and oxygen atoms in total. The molecule has 1 fully saturated rings. The lowest BCUT2D eigenvalue weighted by atomic mass is 10.1. The van der Waals surface area contributed by atoms with Crippen LogP contribution in [0.15, 0.2) is 24.3 Å². The van der Waals surface area contributed by atoms with Crippen molar-refractivity contribution in [1.82, 2.24) is 10.2 Å². The van der Waals surface area contributed by atoms with Crippen LogP contribution in [0.4, 0.5) is 16.2 Å². The van der Waals surface area contributed by atoms with Gasteiger partial charge in [0.15, 0.2) is 0 Å². The van der Waals surface area contributed by atoms with E-state index in [2.05, 4.69) is 27.8 Å². The summed E-state index contributed by atoms with van der Waals surface area (Å²) in [6, 6.07) is 6.95. The molecule has 3 amide bonds. The van der Waals surface area contributed by atoms with E-state index in [1.807, 2.05) is 0 Å². The monoisotopic (exact) mass is 346 g/mol. The first kappa shape index (κ1) is 19.2. The van der Waals surface area contributed by atoms with E-state index < -0.39 is 0 Å². The molecule has 1 aromatic rings. The molecule has 0 unspecified atom stereocenters. The number of nitrogens with zero attached hydrogens (tertiary/aromatic N) is 1. The van der Waals surface area contributed by atoms with Gasteiger partial charge in [-0.1, -0.05) is 26.3 Å². The molecule has 0 spiro atoms. The molecule has 0 radical (unpaired) electrons. The van der Waals surface area contributed by atoms with Gasteiger partial charge in [-0.25, -0.2) is 4.79 Å². The second kappa shape index (κ2) is 10.0. The number of nitrogens with one attached hydrogen (secondary N) is 3. The number of amides is 3. The molecule has 0 saturated carbocycles. The maximum Gasteiger partial charge on any atom is 0.319 e. The van der Waals surface area contributed by atoms with Gasteiger partial charge in [0.1, 0.15) is 0 Å². The third kappa shape index (κ3) is 7.13. The highest BCUT2D eigenvalue weighted by atomic mass is 16.2. The van der Waals surface area contributed by atoms with Crippen LogP contribution in [-0.4, -0.2) is 43.0 Å². The van der Waals surface area contributed by atoms with Crippen molar-refractivity contribution in [2.24, 2.45) is 5.92 Å². The number of hydrogen-bond acceptors (Lipinski definition) is 3. The Labute approximate surface area is 150 Å². The van der Waals surface area contributed by atoms with Gasteiger partial charge in [0.25, 0.3) is 0 Å². The first-order valence-electron chi connectivity index (χ1n) is 9.24. The highest BCUT2D eigenvalue weighted by Gasteiger charge is 2.14. The average molecular weight is 346 g/mol. The number of likely N-dealkylation sites (tertiary alicyclic amines) is 1. The zero-order chi connectivity index (χ0) is 18.1. The lowest BCUT2D eigenvalue weighted by Gasteiger charge is -2.29. The van der Waals surface area contributed by atoms with Crippen LogP contribution in [0.3, 0.4) is 0 Å². The molecule has 3 N–H and O–H groups in total. The molecule has 2 rings (SSSR count). The molecule has 1 aromatic carbocycles. The normalized spacial score (nSPS) is 16.1. The van der Waals surface area contributed by atoms with E-state index in [-0.39, 0.29) is 11.9 Å². The maximum absolute atomic E-state index is 12.1. The van der Waals surface area contributed by atoms with Crippen molar-refractivity contribution < 1.29 is 9.59 Å². The lowest BCUT2D eigenvalue weighted by molar-refractivity contribution is -0.115. The van der Waals surface area contributed by atoms with Crippen LogP contribution >= 0.6 is 0 Å². The van der Waals surface area contributed by atoms with E-state index in [1.54, 1.807) is 31.2 Å². The van der Waals surface area contributed by atoms with Gasteiger partial charge >= 0.3 is 6.03 Å². The zero-order valence-corrected chi connectivity index (χ0v) is 15.3. The van der Waals surface area contributed by atoms with Crippen LogP contribution in [0.25, 0.3) is 0 Å². The standard InChI is InChI=1S/C19H30N4O2/c1-3-18(24)21-16-8-7-9-17(12-16)22-19(25)20-13-15(2)14-23-10-5-4-6-11-23/h7-9,12,15H,3-6,10-11,13-14H2,1-2H3,(H,21,24)(H2,20,22,25)/t15-/m0/s1. The van der Waals surface area contributed by atoms with Crippen LogP contribution < -0.4 is 16.0 Å². The number of urea groups is 1. The van der Waals surface area contributed by atoms with Gasteiger partial charge in [-0.05, 0) is 50.0 Å². The summed E-state index contributed by atoms with van der Waals surface area (Å²) in [7, 11) is 0. The summed E-state index contributed by atoms with van der Waals surface area (Å²) in [5.41, 5.74) is 1.35. The Balaban J connectivity index is 1.74. The van der Waals surface area contributed by atoms with Crippen LogP contribution in [0.1, 0.15) is 39.5 Å². The number of hydrogen-bond donors (Lipinski definition) is 3. The van der Waals surface area contributed by atoms with Gasteiger partial charge in [0, 0.05) is 30.9 Å². The molecule has 1 aliphatic heterocycles. The smallest absolute Gasteiger partial charge is 0.319 e. The lowest BCUT2D eigenvalue weighted by Crippen LogP contribution is -2.39. The Morgan fingerprint density at radius 3 is 2.48 bits per heavy atom. The van der Waals surface area contributed by atoms with E-state index in [0.29, 0.717) is 30.3 Å². The third-order valence-corrected chi connectivity index (χ3v) is 4.35. The summed E-state index contributed by atoms with van der Waals surface area (Å²) in [5.74, 6) is 0.368. The fraction of sp³-hybridized carbons (Fsp3) is 0.579. The maximum atomic E-state index is 12.1. The third-order valence-electron chi connectivity index (χ3n) is 4.35. The Morgan fingerprint density at radius 1 is 1.12 bits per heavy atom. The van der Waals surface area contributed by atoms with E-state index in [4.69, 9.17) is 0 Å². The summed E-state index contributed by atoms with van der Waals surface area (Å²) in [6.07, 6.45) is 4.33. The molecule has 6 heteroatoms. The summed E-state index contributed by atoms with van der Waals surface area (Å²) < 4.78 is 0. The van der Waals surface area contributed by atoms with E-state index in [9.17, 15) is 9.59 Å². The van der Waals surface area contributed by atoms with Crippen molar-refractivity contribution >= 4 is 23.3 Å². The Hall–Kier alpha value is -2.08. The number of benzene rings is 1. The van der Waals surface area contributed by atoms with Gasteiger partial charge in [0.2, 0.25) is 5.91 Å². The minimum absolute atomic E-state index is 0.0480. The van der Waals surface area contributed by atoms with Crippen molar-refractivity contribution in [2.75, 3.05) is 36.8 Å². The predicted molar refractivity (Wildman–Crippen MR) is 102 cm³/mol. The van der Waals surface area contributed by atoms with Gasteiger partial charge in [-0.3, -0.25) is 4.79 Å². The van der Waals surface area contributed by atoms with Gasteiger partial charge in [0.05, 0.1) is 0 Å². The molecule has 0 aliphatic carbocycles. The predicted octanol–water partition coefficient (Wildman–Crippen LogP) is 3.28. The second-order valence-electron chi connectivity index (χ2n) is 6.78. The van der Waals surface area contributed by atoms with Crippen LogP contribution in [-0.2, 0) is 4.79 Å². The quantitative estimate of drug-likeness (QED) is 0.709. The molecule has 0 bridgehead atoms. The SMILES string of the molecule is CCC(=O)Nc1cccc(NC(=O)NC[C@H](C)CN2CCCCC2)c1. The molecule has 1 atom stereocenters.